The number of rotatable bonds is 1. The lowest BCUT2D eigenvalue weighted by atomic mass is 10.1. The van der Waals surface area contributed by atoms with E-state index in [1.54, 1.807) is 0 Å². The zero-order chi connectivity index (χ0) is 12.9. The second-order valence-electron chi connectivity index (χ2n) is 4.99. The molecule has 1 heterocycles. The average molecular weight is 260 g/mol. The monoisotopic (exact) mass is 260 g/mol. The molecule has 0 radical (unpaired) electrons. The summed E-state index contributed by atoms with van der Waals surface area (Å²) in [6.07, 6.45) is 1.27. The van der Waals surface area contributed by atoms with Crippen LogP contribution in [-0.2, 0) is 9.47 Å². The molecule has 0 aromatic heterocycles. The molecule has 1 fully saturated rings. The molecule has 6 heteroatoms. The highest BCUT2D eigenvalue weighted by Crippen LogP contribution is 2.07. The molecule has 1 aliphatic rings. The van der Waals surface area contributed by atoms with Gasteiger partial charge in [0.1, 0.15) is 5.60 Å². The van der Waals surface area contributed by atoms with Gasteiger partial charge in [-0.2, -0.15) is 0 Å². The predicted octanol–water partition coefficient (Wildman–Crippen LogP) is 1.56. The molecule has 0 aromatic carbocycles. The van der Waals surface area contributed by atoms with Crippen molar-refractivity contribution in [1.29, 1.82) is 0 Å². The van der Waals surface area contributed by atoms with Crippen LogP contribution in [0.3, 0.4) is 0 Å². The van der Waals surface area contributed by atoms with E-state index in [0.29, 0.717) is 5.11 Å². The number of carbonyl (C=O) groups excluding carboxylic acids is 1. The highest BCUT2D eigenvalue weighted by atomic mass is 32.1. The standard InChI is InChI=1S/C11H20N2O3S/c1-11(2,3)16-10(14)13-9(17)12-8-4-6-15-7-5-8/h8H,4-7H2,1-3H3,(H2,12,13,14,17). The van der Waals surface area contributed by atoms with E-state index in [1.807, 2.05) is 20.8 Å². The van der Waals surface area contributed by atoms with Crippen LogP contribution in [0, 0.1) is 0 Å². The predicted molar refractivity (Wildman–Crippen MR) is 68.9 cm³/mol. The van der Waals surface area contributed by atoms with E-state index in [-0.39, 0.29) is 6.04 Å². The molecular weight excluding hydrogens is 240 g/mol. The van der Waals surface area contributed by atoms with Crippen molar-refractivity contribution < 1.29 is 14.3 Å². The quantitative estimate of drug-likeness (QED) is 0.701. The molecule has 17 heavy (non-hydrogen) atoms. The van der Waals surface area contributed by atoms with Gasteiger partial charge in [0, 0.05) is 19.3 Å². The minimum Gasteiger partial charge on any atom is -0.444 e. The molecule has 5 nitrogen and oxygen atoms in total. The van der Waals surface area contributed by atoms with Gasteiger partial charge in [-0.3, -0.25) is 5.32 Å². The Balaban J connectivity index is 2.26. The van der Waals surface area contributed by atoms with Gasteiger partial charge in [-0.1, -0.05) is 0 Å². The maximum absolute atomic E-state index is 11.4. The van der Waals surface area contributed by atoms with Crippen LogP contribution in [0.2, 0.25) is 0 Å². The van der Waals surface area contributed by atoms with Crippen LogP contribution in [0.1, 0.15) is 33.6 Å². The van der Waals surface area contributed by atoms with Gasteiger partial charge in [0.2, 0.25) is 0 Å². The van der Waals surface area contributed by atoms with Crippen molar-refractivity contribution in [3.8, 4) is 0 Å². The van der Waals surface area contributed by atoms with Crippen molar-refractivity contribution in [3.63, 3.8) is 0 Å². The molecule has 98 valence electrons. The lowest BCUT2D eigenvalue weighted by Gasteiger charge is -2.25. The number of hydrogen-bond acceptors (Lipinski definition) is 4. The molecule has 0 spiro atoms. The molecule has 1 aliphatic heterocycles. The molecule has 0 aromatic rings. The van der Waals surface area contributed by atoms with Gasteiger partial charge in [0.25, 0.3) is 0 Å². The first kappa shape index (κ1) is 14.2. The van der Waals surface area contributed by atoms with Crippen molar-refractivity contribution in [2.24, 2.45) is 0 Å². The fraction of sp³-hybridized carbons (Fsp3) is 0.818. The fourth-order valence-corrected chi connectivity index (χ4v) is 1.71. The van der Waals surface area contributed by atoms with Crippen LogP contribution >= 0.6 is 12.2 Å². The molecular formula is C11H20N2O3S. The van der Waals surface area contributed by atoms with Crippen molar-refractivity contribution in [1.82, 2.24) is 10.6 Å². The normalized spacial score (nSPS) is 17.4. The molecule has 0 atom stereocenters. The lowest BCUT2D eigenvalue weighted by molar-refractivity contribution is 0.0560. The Morgan fingerprint density at radius 2 is 1.94 bits per heavy atom. The van der Waals surface area contributed by atoms with Gasteiger partial charge in [-0.05, 0) is 45.8 Å². The summed E-state index contributed by atoms with van der Waals surface area (Å²) in [6, 6.07) is 0.270. The summed E-state index contributed by atoms with van der Waals surface area (Å²) in [4.78, 5) is 11.4. The number of nitrogens with one attached hydrogen (secondary N) is 2. The summed E-state index contributed by atoms with van der Waals surface area (Å²) in [5.41, 5.74) is -0.516. The second kappa shape index (κ2) is 6.16. The van der Waals surface area contributed by atoms with Crippen LogP contribution in [0.15, 0.2) is 0 Å². The van der Waals surface area contributed by atoms with Gasteiger partial charge in [-0.15, -0.1) is 0 Å². The maximum Gasteiger partial charge on any atom is 0.413 e. The number of hydrogen-bond donors (Lipinski definition) is 2. The first-order chi connectivity index (χ1) is 7.87. The van der Waals surface area contributed by atoms with Crippen LogP contribution in [0.25, 0.3) is 0 Å². The molecule has 0 saturated carbocycles. The first-order valence-corrected chi connectivity index (χ1v) is 6.16. The molecule has 1 amide bonds. The third-order valence-corrected chi connectivity index (χ3v) is 2.39. The molecule has 1 saturated heterocycles. The van der Waals surface area contributed by atoms with E-state index in [1.165, 1.54) is 0 Å². The largest absolute Gasteiger partial charge is 0.444 e. The second-order valence-corrected chi connectivity index (χ2v) is 5.40. The van der Waals surface area contributed by atoms with Gasteiger partial charge >= 0.3 is 6.09 Å². The Labute approximate surface area is 107 Å². The number of carbonyl (C=O) groups is 1. The van der Waals surface area contributed by atoms with Crippen molar-refractivity contribution in [2.45, 2.75) is 45.3 Å². The van der Waals surface area contributed by atoms with Gasteiger partial charge < -0.3 is 14.8 Å². The zero-order valence-electron chi connectivity index (χ0n) is 10.5. The third-order valence-electron chi connectivity index (χ3n) is 2.17. The Morgan fingerprint density at radius 3 is 2.47 bits per heavy atom. The van der Waals surface area contributed by atoms with E-state index in [9.17, 15) is 4.79 Å². The Morgan fingerprint density at radius 1 is 1.35 bits per heavy atom. The topological polar surface area (TPSA) is 59.6 Å². The first-order valence-electron chi connectivity index (χ1n) is 5.75. The molecule has 0 unspecified atom stereocenters. The van der Waals surface area contributed by atoms with Crippen LogP contribution in [0.5, 0.6) is 0 Å². The van der Waals surface area contributed by atoms with Crippen molar-refractivity contribution in [3.05, 3.63) is 0 Å². The smallest absolute Gasteiger partial charge is 0.413 e. The SMILES string of the molecule is CC(C)(C)OC(=O)NC(=S)NC1CCOCC1. The Kier molecular flexibility index (Phi) is 5.14. The van der Waals surface area contributed by atoms with Gasteiger partial charge in [-0.25, -0.2) is 4.79 Å². The minimum atomic E-state index is -0.526. The van der Waals surface area contributed by atoms with Gasteiger partial charge in [0.15, 0.2) is 5.11 Å². The summed E-state index contributed by atoms with van der Waals surface area (Å²) < 4.78 is 10.3. The van der Waals surface area contributed by atoms with Crippen molar-refractivity contribution >= 4 is 23.4 Å². The van der Waals surface area contributed by atoms with E-state index in [0.717, 1.165) is 26.1 Å². The Bertz CT molecular complexity index is 283. The number of amides is 1. The van der Waals surface area contributed by atoms with Crippen LogP contribution in [0.4, 0.5) is 4.79 Å². The number of ether oxygens (including phenoxy) is 2. The van der Waals surface area contributed by atoms with E-state index in [2.05, 4.69) is 10.6 Å². The average Bonchev–Trinajstić information content (AvgIpc) is 2.15. The van der Waals surface area contributed by atoms with Gasteiger partial charge in [0.05, 0.1) is 0 Å². The maximum atomic E-state index is 11.4. The summed E-state index contributed by atoms with van der Waals surface area (Å²) in [5.74, 6) is 0. The highest BCUT2D eigenvalue weighted by molar-refractivity contribution is 7.80. The third kappa shape index (κ3) is 6.43. The fourth-order valence-electron chi connectivity index (χ4n) is 1.46. The van der Waals surface area contributed by atoms with E-state index in [4.69, 9.17) is 21.7 Å². The number of thiocarbonyl (C=S) groups is 1. The Hall–Kier alpha value is -0.880. The van der Waals surface area contributed by atoms with Crippen LogP contribution < -0.4 is 10.6 Å². The lowest BCUT2D eigenvalue weighted by Crippen LogP contribution is -2.47. The molecule has 2 N–H and O–H groups in total. The van der Waals surface area contributed by atoms with E-state index >= 15 is 0 Å². The summed E-state index contributed by atoms with van der Waals surface area (Å²) in [7, 11) is 0. The van der Waals surface area contributed by atoms with E-state index < -0.39 is 11.7 Å². The summed E-state index contributed by atoms with van der Waals surface area (Å²) in [5, 5.41) is 5.89. The van der Waals surface area contributed by atoms with Crippen molar-refractivity contribution in [2.75, 3.05) is 13.2 Å². The molecule has 0 bridgehead atoms. The summed E-state index contributed by atoms with van der Waals surface area (Å²) >= 11 is 5.04. The highest BCUT2D eigenvalue weighted by Gasteiger charge is 2.19. The summed E-state index contributed by atoms with van der Waals surface area (Å²) in [6.45, 7) is 6.88. The minimum absolute atomic E-state index is 0.270. The molecule has 0 aliphatic carbocycles. The zero-order valence-corrected chi connectivity index (χ0v) is 11.4. The number of alkyl carbamates (subject to hydrolysis) is 1. The van der Waals surface area contributed by atoms with Crippen LogP contribution in [-0.4, -0.2) is 36.1 Å². The molecule has 1 rings (SSSR count).